The molecule has 2 fully saturated rings. The smallest absolute Gasteiger partial charge is 0.273 e. The zero-order valence-electron chi connectivity index (χ0n) is 21.3. The van der Waals surface area contributed by atoms with E-state index >= 15 is 0 Å². The lowest BCUT2D eigenvalue weighted by molar-refractivity contribution is 0.0763. The first-order chi connectivity index (χ1) is 19.0. The topological polar surface area (TPSA) is 74.8 Å². The third-order valence-corrected chi connectivity index (χ3v) is 8.44. The summed E-state index contributed by atoms with van der Waals surface area (Å²) in [6.45, 7) is 3.27. The standard InChI is InChI=1S/C32H24FN5O/c1-20-14-28-23(17-36-38(28)25-11-9-24(33)10-12-25)15-26(20)32-19-37(31(39)30-22(16-34)8-5-13-35-30)18-27(32)29(32)21-6-3-2-4-7-21/h2-15,17,27,29H,18-19H2,1H3/t27-,29-,32+/m1/s1. The molecular weight excluding hydrogens is 489 g/mol. The Morgan fingerprint density at radius 3 is 2.64 bits per heavy atom. The van der Waals surface area contributed by atoms with Crippen LogP contribution in [0.2, 0.25) is 0 Å². The van der Waals surface area contributed by atoms with Crippen LogP contribution >= 0.6 is 0 Å². The number of benzene rings is 3. The highest BCUT2D eigenvalue weighted by Crippen LogP contribution is 2.69. The van der Waals surface area contributed by atoms with Gasteiger partial charge in [-0.05, 0) is 78.1 Å². The van der Waals surface area contributed by atoms with Gasteiger partial charge in [-0.3, -0.25) is 4.79 Å². The molecule has 7 rings (SSSR count). The van der Waals surface area contributed by atoms with Gasteiger partial charge in [0.15, 0.2) is 0 Å². The van der Waals surface area contributed by atoms with Crippen molar-refractivity contribution in [3.05, 3.63) is 125 Å². The van der Waals surface area contributed by atoms with Gasteiger partial charge in [0.2, 0.25) is 0 Å². The van der Waals surface area contributed by atoms with Crippen LogP contribution in [-0.4, -0.2) is 38.7 Å². The molecule has 0 N–H and O–H groups in total. The molecule has 2 aromatic heterocycles. The number of carbonyl (C=O) groups is 1. The monoisotopic (exact) mass is 513 g/mol. The van der Waals surface area contributed by atoms with Crippen LogP contribution in [0, 0.1) is 30.0 Å². The van der Waals surface area contributed by atoms with Crippen molar-refractivity contribution < 1.29 is 9.18 Å². The number of carbonyl (C=O) groups excluding carboxylic acids is 1. The zero-order valence-corrected chi connectivity index (χ0v) is 21.3. The van der Waals surface area contributed by atoms with Crippen molar-refractivity contribution in [1.82, 2.24) is 19.7 Å². The largest absolute Gasteiger partial charge is 0.336 e. The van der Waals surface area contributed by atoms with Crippen molar-refractivity contribution >= 4 is 16.8 Å². The molecule has 7 heteroatoms. The molecule has 1 saturated heterocycles. The molecule has 0 radical (unpaired) electrons. The molecule has 1 aliphatic heterocycles. The Morgan fingerprint density at radius 1 is 1.08 bits per heavy atom. The lowest BCUT2D eigenvalue weighted by atomic mass is 9.86. The zero-order chi connectivity index (χ0) is 26.7. The average Bonchev–Trinajstić information content (AvgIpc) is 3.22. The number of hydrogen-bond acceptors (Lipinski definition) is 4. The van der Waals surface area contributed by atoms with Crippen LogP contribution in [0.5, 0.6) is 0 Å². The van der Waals surface area contributed by atoms with Gasteiger partial charge in [0.05, 0.1) is 23.0 Å². The number of rotatable bonds is 4. The van der Waals surface area contributed by atoms with Gasteiger partial charge >= 0.3 is 0 Å². The van der Waals surface area contributed by atoms with Crippen LogP contribution in [0.15, 0.2) is 91.3 Å². The Balaban J connectivity index is 1.31. The van der Waals surface area contributed by atoms with Crippen LogP contribution in [0.4, 0.5) is 4.39 Å². The van der Waals surface area contributed by atoms with Crippen molar-refractivity contribution in [1.29, 1.82) is 5.26 Å². The number of aromatic nitrogens is 3. The Labute approximate surface area is 224 Å². The van der Waals surface area contributed by atoms with E-state index in [0.29, 0.717) is 18.7 Å². The van der Waals surface area contributed by atoms with Crippen molar-refractivity contribution in [2.24, 2.45) is 5.92 Å². The Morgan fingerprint density at radius 2 is 1.87 bits per heavy atom. The van der Waals surface area contributed by atoms with Gasteiger partial charge in [-0.1, -0.05) is 30.3 Å². The minimum absolute atomic E-state index is 0.201. The summed E-state index contributed by atoms with van der Waals surface area (Å²) in [4.78, 5) is 19.7. The van der Waals surface area contributed by atoms with Gasteiger partial charge < -0.3 is 4.90 Å². The molecule has 2 aliphatic rings. The molecule has 3 heterocycles. The highest BCUT2D eigenvalue weighted by Gasteiger charge is 2.71. The molecule has 0 unspecified atom stereocenters. The number of likely N-dealkylation sites (tertiary alicyclic amines) is 1. The summed E-state index contributed by atoms with van der Waals surface area (Å²) < 4.78 is 15.3. The molecule has 5 aromatic rings. The number of fused-ring (bicyclic) bond motifs is 2. The lowest BCUT2D eigenvalue weighted by Gasteiger charge is -2.26. The molecule has 190 valence electrons. The number of halogens is 1. The molecule has 1 aliphatic carbocycles. The number of hydrogen-bond donors (Lipinski definition) is 0. The first-order valence-corrected chi connectivity index (χ1v) is 13.0. The van der Waals surface area contributed by atoms with Crippen molar-refractivity contribution in [3.63, 3.8) is 0 Å². The normalized spacial score (nSPS) is 21.5. The van der Waals surface area contributed by atoms with Crippen molar-refractivity contribution in [2.75, 3.05) is 13.1 Å². The van der Waals surface area contributed by atoms with Gasteiger partial charge in [0.1, 0.15) is 17.6 Å². The summed E-state index contributed by atoms with van der Waals surface area (Å²) in [6, 6.07) is 26.6. The molecule has 6 nitrogen and oxygen atoms in total. The number of nitrogens with zero attached hydrogens (tertiary/aromatic N) is 5. The lowest BCUT2D eigenvalue weighted by Crippen LogP contribution is -2.35. The molecule has 0 bridgehead atoms. The maximum absolute atomic E-state index is 13.6. The third kappa shape index (κ3) is 3.48. The Kier molecular flexibility index (Phi) is 5.14. The Hall–Kier alpha value is -4.83. The van der Waals surface area contributed by atoms with E-state index in [1.54, 1.807) is 30.5 Å². The van der Waals surface area contributed by atoms with Gasteiger partial charge in [0.25, 0.3) is 5.91 Å². The number of amides is 1. The number of piperidine rings is 1. The molecular formula is C32H24FN5O. The van der Waals surface area contributed by atoms with Crippen LogP contribution < -0.4 is 0 Å². The van der Waals surface area contributed by atoms with E-state index in [1.807, 2.05) is 21.8 Å². The minimum atomic E-state index is -0.285. The highest BCUT2D eigenvalue weighted by atomic mass is 19.1. The summed E-state index contributed by atoms with van der Waals surface area (Å²) in [6.07, 6.45) is 3.41. The average molecular weight is 514 g/mol. The molecule has 1 saturated carbocycles. The second-order valence-electron chi connectivity index (χ2n) is 10.5. The fourth-order valence-corrected chi connectivity index (χ4v) is 6.70. The van der Waals surface area contributed by atoms with Crippen LogP contribution in [-0.2, 0) is 5.41 Å². The van der Waals surface area contributed by atoms with E-state index < -0.39 is 0 Å². The predicted molar refractivity (Wildman–Crippen MR) is 145 cm³/mol. The summed E-state index contributed by atoms with van der Waals surface area (Å²) >= 11 is 0. The van der Waals surface area contributed by atoms with E-state index in [4.69, 9.17) is 0 Å². The number of aryl methyl sites for hydroxylation is 1. The van der Waals surface area contributed by atoms with Gasteiger partial charge in [-0.25, -0.2) is 14.1 Å². The second kappa shape index (κ2) is 8.60. The quantitative estimate of drug-likeness (QED) is 0.316. The predicted octanol–water partition coefficient (Wildman–Crippen LogP) is 5.55. The van der Waals surface area contributed by atoms with Crippen molar-refractivity contribution in [2.45, 2.75) is 18.3 Å². The first-order valence-electron chi connectivity index (χ1n) is 13.0. The van der Waals surface area contributed by atoms with Crippen molar-refractivity contribution in [3.8, 4) is 11.8 Å². The first kappa shape index (κ1) is 23.3. The summed E-state index contributed by atoms with van der Waals surface area (Å²) in [7, 11) is 0. The second-order valence-corrected chi connectivity index (χ2v) is 10.5. The highest BCUT2D eigenvalue weighted by molar-refractivity contribution is 5.95. The molecule has 1 amide bonds. The summed E-state index contributed by atoms with van der Waals surface area (Å²) in [5.74, 6) is 0.0486. The molecule has 3 aromatic carbocycles. The summed E-state index contributed by atoms with van der Waals surface area (Å²) in [5.41, 5.74) is 5.61. The maximum Gasteiger partial charge on any atom is 0.273 e. The number of nitriles is 1. The van der Waals surface area contributed by atoms with E-state index in [-0.39, 0.29) is 34.7 Å². The van der Waals surface area contributed by atoms with E-state index in [9.17, 15) is 14.4 Å². The number of pyridine rings is 1. The fraction of sp³-hybridized carbons (Fsp3) is 0.188. The minimum Gasteiger partial charge on any atom is -0.336 e. The molecule has 39 heavy (non-hydrogen) atoms. The van der Waals surface area contributed by atoms with Crippen LogP contribution in [0.25, 0.3) is 16.6 Å². The SMILES string of the molecule is Cc1cc2c(cnn2-c2ccc(F)cc2)cc1[C@@]12CN(C(=O)c3ncccc3C#N)C[C@@H]1[C@H]2c1ccccc1. The molecule has 0 spiro atoms. The van der Waals surface area contributed by atoms with E-state index in [2.05, 4.69) is 59.5 Å². The Bertz CT molecular complexity index is 1790. The van der Waals surface area contributed by atoms with E-state index in [1.165, 1.54) is 23.3 Å². The maximum atomic E-state index is 13.6. The van der Waals surface area contributed by atoms with Crippen LogP contribution in [0.3, 0.4) is 0 Å². The van der Waals surface area contributed by atoms with Gasteiger partial charge in [-0.2, -0.15) is 10.4 Å². The fourth-order valence-electron chi connectivity index (χ4n) is 6.70. The van der Waals surface area contributed by atoms with E-state index in [0.717, 1.165) is 22.2 Å². The van der Waals surface area contributed by atoms with Gasteiger partial charge in [0, 0.05) is 36.0 Å². The summed E-state index contributed by atoms with van der Waals surface area (Å²) in [5, 5.41) is 15.1. The third-order valence-electron chi connectivity index (χ3n) is 8.44. The van der Waals surface area contributed by atoms with Crippen LogP contribution in [0.1, 0.15) is 38.7 Å². The molecule has 3 atom stereocenters. The van der Waals surface area contributed by atoms with Gasteiger partial charge in [-0.15, -0.1) is 0 Å².